The van der Waals surface area contributed by atoms with Crippen LogP contribution >= 0.6 is 0 Å². The second-order valence-corrected chi connectivity index (χ2v) is 10.9. The van der Waals surface area contributed by atoms with Crippen LogP contribution in [0.5, 0.6) is 5.75 Å². The highest BCUT2D eigenvalue weighted by molar-refractivity contribution is 5.98. The average molecular weight is 612 g/mol. The van der Waals surface area contributed by atoms with Gasteiger partial charge in [0.05, 0.1) is 13.2 Å². The van der Waals surface area contributed by atoms with Crippen LogP contribution in [-0.2, 0) is 20.7 Å². The standard InChI is InChI=1S/C36H38FN3O5/c1-43-36(42)40-34(33(26-12-4-2-5-13-26)27-14-6-3-7-15-27)35(41)39-32-18-9-8-11-25(32)19-20-30-22-38-23-31(45-30)24-44-29-17-10-16-28(37)21-29/h2-18,21,30-31,33-34,38H,19-20,22-24H2,1H3,(H,39,41)(H,40,42)/t30-,31+,34?/m1/s1. The molecule has 8 nitrogen and oxygen atoms in total. The zero-order valence-corrected chi connectivity index (χ0v) is 25.2. The molecule has 9 heteroatoms. The molecule has 0 spiro atoms. The van der Waals surface area contributed by atoms with E-state index in [0.29, 0.717) is 44.0 Å². The fourth-order valence-electron chi connectivity index (χ4n) is 5.56. The van der Waals surface area contributed by atoms with Crippen molar-refractivity contribution in [3.63, 3.8) is 0 Å². The number of nitrogens with one attached hydrogen (secondary N) is 3. The largest absolute Gasteiger partial charge is 0.491 e. The van der Waals surface area contributed by atoms with E-state index in [1.807, 2.05) is 84.9 Å². The van der Waals surface area contributed by atoms with Crippen LogP contribution < -0.4 is 20.7 Å². The molecule has 3 atom stereocenters. The Hall–Kier alpha value is -4.73. The molecule has 0 saturated carbocycles. The van der Waals surface area contributed by atoms with Gasteiger partial charge in [-0.15, -0.1) is 0 Å². The maximum atomic E-state index is 14.0. The third-order valence-electron chi connectivity index (χ3n) is 7.76. The van der Waals surface area contributed by atoms with Gasteiger partial charge >= 0.3 is 6.09 Å². The normalized spacial score (nSPS) is 16.9. The summed E-state index contributed by atoms with van der Waals surface area (Å²) in [6, 6.07) is 32.0. The predicted molar refractivity (Wildman–Crippen MR) is 171 cm³/mol. The van der Waals surface area contributed by atoms with Gasteiger partial charge < -0.3 is 30.2 Å². The van der Waals surface area contributed by atoms with Crippen molar-refractivity contribution in [3.8, 4) is 5.75 Å². The maximum absolute atomic E-state index is 14.0. The van der Waals surface area contributed by atoms with Gasteiger partial charge in [0.2, 0.25) is 5.91 Å². The molecule has 1 heterocycles. The number of rotatable bonds is 12. The zero-order chi connectivity index (χ0) is 31.4. The first-order chi connectivity index (χ1) is 22.0. The number of carbonyl (C=O) groups is 2. The van der Waals surface area contributed by atoms with E-state index in [-0.39, 0.29) is 23.9 Å². The Morgan fingerprint density at radius 2 is 1.56 bits per heavy atom. The van der Waals surface area contributed by atoms with Crippen molar-refractivity contribution in [1.29, 1.82) is 0 Å². The zero-order valence-electron chi connectivity index (χ0n) is 25.2. The number of benzene rings is 4. The number of aryl methyl sites for hydroxylation is 1. The second kappa shape index (κ2) is 15.8. The number of halogens is 1. The van der Waals surface area contributed by atoms with Crippen molar-refractivity contribution in [2.24, 2.45) is 0 Å². The third kappa shape index (κ3) is 8.90. The highest BCUT2D eigenvalue weighted by Gasteiger charge is 2.33. The van der Waals surface area contributed by atoms with Gasteiger partial charge in [0.1, 0.15) is 30.3 Å². The number of carbonyl (C=O) groups excluding carboxylic acids is 2. The maximum Gasteiger partial charge on any atom is 0.407 e. The molecule has 1 fully saturated rings. The van der Waals surface area contributed by atoms with E-state index in [2.05, 4.69) is 16.0 Å². The van der Waals surface area contributed by atoms with Gasteiger partial charge in [-0.1, -0.05) is 84.9 Å². The Kier molecular flexibility index (Phi) is 11.1. The lowest BCUT2D eigenvalue weighted by molar-refractivity contribution is -0.118. The number of methoxy groups -OCH3 is 1. The molecule has 1 aliphatic rings. The van der Waals surface area contributed by atoms with E-state index in [9.17, 15) is 14.0 Å². The predicted octanol–water partition coefficient (Wildman–Crippen LogP) is 5.69. The van der Waals surface area contributed by atoms with Crippen LogP contribution in [0.1, 0.15) is 29.0 Å². The molecule has 1 saturated heterocycles. The molecule has 0 aliphatic carbocycles. The quantitative estimate of drug-likeness (QED) is 0.191. The van der Waals surface area contributed by atoms with Crippen molar-refractivity contribution < 1.29 is 28.2 Å². The molecular formula is C36H38FN3O5. The number of hydrogen-bond donors (Lipinski definition) is 3. The fourth-order valence-corrected chi connectivity index (χ4v) is 5.56. The first kappa shape index (κ1) is 31.7. The summed E-state index contributed by atoms with van der Waals surface area (Å²) >= 11 is 0. The highest BCUT2D eigenvalue weighted by atomic mass is 19.1. The van der Waals surface area contributed by atoms with Gasteiger partial charge in [-0.3, -0.25) is 4.79 Å². The number of ether oxygens (including phenoxy) is 3. The van der Waals surface area contributed by atoms with Gasteiger partial charge in [0.15, 0.2) is 0 Å². The molecule has 5 rings (SSSR count). The van der Waals surface area contributed by atoms with Gasteiger partial charge in [-0.05, 0) is 47.7 Å². The molecule has 1 aliphatic heterocycles. The number of morpholine rings is 1. The summed E-state index contributed by atoms with van der Waals surface area (Å²) in [6.07, 6.45) is 0.406. The molecule has 4 aromatic carbocycles. The minimum absolute atomic E-state index is 0.0714. The summed E-state index contributed by atoms with van der Waals surface area (Å²) in [6.45, 7) is 1.63. The van der Waals surface area contributed by atoms with E-state index >= 15 is 0 Å². The lowest BCUT2D eigenvalue weighted by atomic mass is 9.84. The molecule has 3 N–H and O–H groups in total. The molecule has 0 aromatic heterocycles. The van der Waals surface area contributed by atoms with Crippen molar-refractivity contribution >= 4 is 17.7 Å². The smallest absolute Gasteiger partial charge is 0.407 e. The molecule has 0 bridgehead atoms. The number of anilines is 1. The van der Waals surface area contributed by atoms with Crippen LogP contribution in [0, 0.1) is 5.82 Å². The SMILES string of the molecule is COC(=O)NC(C(=O)Nc1ccccc1CC[C@@H]1CNC[C@@H](COc2cccc(F)c2)O1)C(c1ccccc1)c1ccccc1. The monoisotopic (exact) mass is 611 g/mol. The number of alkyl carbamates (subject to hydrolysis) is 1. The first-order valence-corrected chi connectivity index (χ1v) is 15.1. The van der Waals surface area contributed by atoms with Crippen LogP contribution in [0.4, 0.5) is 14.9 Å². The van der Waals surface area contributed by atoms with Crippen LogP contribution in [-0.4, -0.2) is 57.1 Å². The van der Waals surface area contributed by atoms with Crippen LogP contribution in [0.3, 0.4) is 0 Å². The van der Waals surface area contributed by atoms with Crippen molar-refractivity contribution in [2.75, 3.05) is 32.1 Å². The topological polar surface area (TPSA) is 97.9 Å². The van der Waals surface area contributed by atoms with Crippen LogP contribution in [0.2, 0.25) is 0 Å². The lowest BCUT2D eigenvalue weighted by Crippen LogP contribution is -2.48. The Morgan fingerprint density at radius 1 is 0.889 bits per heavy atom. The van der Waals surface area contributed by atoms with E-state index in [1.54, 1.807) is 12.1 Å². The molecule has 234 valence electrons. The van der Waals surface area contributed by atoms with Gasteiger partial charge in [-0.2, -0.15) is 0 Å². The van der Waals surface area contributed by atoms with Crippen molar-refractivity contribution in [2.45, 2.75) is 37.0 Å². The molecular weight excluding hydrogens is 573 g/mol. The number of para-hydroxylation sites is 1. The fraction of sp³-hybridized carbons (Fsp3) is 0.278. The van der Waals surface area contributed by atoms with Gasteiger partial charge in [0.25, 0.3) is 0 Å². The summed E-state index contributed by atoms with van der Waals surface area (Å²) in [5.74, 6) is -0.711. The summed E-state index contributed by atoms with van der Waals surface area (Å²) < 4.78 is 30.4. The molecule has 2 amide bonds. The summed E-state index contributed by atoms with van der Waals surface area (Å²) in [5.41, 5.74) is 3.37. The summed E-state index contributed by atoms with van der Waals surface area (Å²) in [4.78, 5) is 26.5. The second-order valence-electron chi connectivity index (χ2n) is 10.9. The number of hydrogen-bond acceptors (Lipinski definition) is 6. The Bertz CT molecular complexity index is 1500. The van der Waals surface area contributed by atoms with Gasteiger partial charge in [-0.25, -0.2) is 9.18 Å². The van der Waals surface area contributed by atoms with Gasteiger partial charge in [0, 0.05) is 30.8 Å². The lowest BCUT2D eigenvalue weighted by Gasteiger charge is -2.31. The Morgan fingerprint density at radius 3 is 2.24 bits per heavy atom. The number of amides is 2. The van der Waals surface area contributed by atoms with Crippen LogP contribution in [0.15, 0.2) is 109 Å². The molecule has 4 aromatic rings. The minimum atomic E-state index is -0.958. The average Bonchev–Trinajstić information content (AvgIpc) is 3.08. The van der Waals surface area contributed by atoms with Crippen molar-refractivity contribution in [3.05, 3.63) is 132 Å². The molecule has 45 heavy (non-hydrogen) atoms. The van der Waals surface area contributed by atoms with E-state index in [0.717, 1.165) is 16.7 Å². The first-order valence-electron chi connectivity index (χ1n) is 15.1. The van der Waals surface area contributed by atoms with Crippen LogP contribution in [0.25, 0.3) is 0 Å². The Balaban J connectivity index is 1.27. The third-order valence-corrected chi connectivity index (χ3v) is 7.76. The summed E-state index contributed by atoms with van der Waals surface area (Å²) in [5, 5.41) is 9.26. The molecule has 1 unspecified atom stereocenters. The minimum Gasteiger partial charge on any atom is -0.491 e. The summed E-state index contributed by atoms with van der Waals surface area (Å²) in [7, 11) is 1.28. The van der Waals surface area contributed by atoms with E-state index in [1.165, 1.54) is 19.2 Å². The molecule has 0 radical (unpaired) electrons. The van der Waals surface area contributed by atoms with E-state index < -0.39 is 18.1 Å². The van der Waals surface area contributed by atoms with Crippen molar-refractivity contribution in [1.82, 2.24) is 10.6 Å². The Labute approximate surface area is 262 Å². The van der Waals surface area contributed by atoms with E-state index in [4.69, 9.17) is 14.2 Å². The highest BCUT2D eigenvalue weighted by Crippen LogP contribution is 2.30.